The lowest BCUT2D eigenvalue weighted by molar-refractivity contribution is -0.127. The third-order valence-corrected chi connectivity index (χ3v) is 7.39. The predicted octanol–water partition coefficient (Wildman–Crippen LogP) is 2.89. The van der Waals surface area contributed by atoms with Gasteiger partial charge in [-0.3, -0.25) is 4.79 Å². The normalized spacial score (nSPS) is 18.3. The van der Waals surface area contributed by atoms with Gasteiger partial charge in [-0.25, -0.2) is 4.79 Å². The van der Waals surface area contributed by atoms with Crippen molar-refractivity contribution in [3.8, 4) is 11.5 Å². The van der Waals surface area contributed by atoms with Crippen LogP contribution in [-0.2, 0) is 20.7 Å². The van der Waals surface area contributed by atoms with Gasteiger partial charge in [-0.05, 0) is 54.7 Å². The molecule has 0 radical (unpaired) electrons. The minimum absolute atomic E-state index is 0.0174. The van der Waals surface area contributed by atoms with Crippen molar-refractivity contribution in [2.24, 2.45) is 29.4 Å². The first-order valence-corrected chi connectivity index (χ1v) is 14.0. The van der Waals surface area contributed by atoms with Crippen LogP contribution >= 0.6 is 0 Å². The predicted molar refractivity (Wildman–Crippen MR) is 150 cm³/mol. The van der Waals surface area contributed by atoms with Gasteiger partial charge in [0.25, 0.3) is 0 Å². The topological polar surface area (TPSA) is 141 Å². The molecule has 1 unspecified atom stereocenters. The number of alkyl carbamates (subject to hydrolysis) is 1. The van der Waals surface area contributed by atoms with Gasteiger partial charge in [0.15, 0.2) is 11.5 Å². The van der Waals surface area contributed by atoms with Crippen molar-refractivity contribution in [1.82, 2.24) is 10.6 Å². The molecule has 1 fully saturated rings. The number of carbonyl (C=O) groups excluding carboxylic acids is 2. The van der Waals surface area contributed by atoms with Gasteiger partial charge in [0.2, 0.25) is 5.91 Å². The first kappa shape index (κ1) is 32.7. The van der Waals surface area contributed by atoms with Crippen LogP contribution in [0.1, 0.15) is 52.5 Å². The van der Waals surface area contributed by atoms with Crippen LogP contribution in [0, 0.1) is 23.7 Å². The Morgan fingerprint density at radius 1 is 1.15 bits per heavy atom. The van der Waals surface area contributed by atoms with E-state index in [2.05, 4.69) is 24.5 Å². The molecule has 1 saturated heterocycles. The number of amides is 2. The summed E-state index contributed by atoms with van der Waals surface area (Å²) in [6, 6.07) is 5.25. The molecule has 1 aromatic rings. The summed E-state index contributed by atoms with van der Waals surface area (Å²) in [5.74, 6) is 1.41. The maximum Gasteiger partial charge on any atom is 0.407 e. The fourth-order valence-corrected chi connectivity index (χ4v) is 4.75. The molecule has 5 N–H and O–H groups in total. The van der Waals surface area contributed by atoms with Crippen LogP contribution in [-0.4, -0.2) is 75.9 Å². The number of methoxy groups -OCH3 is 2. The van der Waals surface area contributed by atoms with Gasteiger partial charge in [0.05, 0.1) is 25.9 Å². The molecule has 1 aromatic carbocycles. The second-order valence-electron chi connectivity index (χ2n) is 11.1. The number of aliphatic hydroxyl groups excluding tert-OH is 1. The van der Waals surface area contributed by atoms with Crippen molar-refractivity contribution in [3.05, 3.63) is 23.8 Å². The lowest BCUT2D eigenvalue weighted by Crippen LogP contribution is -2.45. The average molecular weight is 552 g/mol. The van der Waals surface area contributed by atoms with E-state index in [1.54, 1.807) is 14.2 Å². The maximum atomic E-state index is 12.9. The lowest BCUT2D eigenvalue weighted by Gasteiger charge is -2.30. The van der Waals surface area contributed by atoms with Crippen LogP contribution in [0.3, 0.4) is 0 Å². The van der Waals surface area contributed by atoms with E-state index in [0.717, 1.165) is 18.4 Å². The summed E-state index contributed by atoms with van der Waals surface area (Å²) in [6.07, 6.45) is 1.15. The third-order valence-electron chi connectivity index (χ3n) is 7.39. The molecule has 0 saturated carbocycles. The summed E-state index contributed by atoms with van der Waals surface area (Å²) < 4.78 is 21.4. The molecule has 10 heteroatoms. The largest absolute Gasteiger partial charge is 0.493 e. The molecule has 1 aliphatic heterocycles. The first-order valence-electron chi connectivity index (χ1n) is 14.0. The zero-order valence-electron chi connectivity index (χ0n) is 24.4. The summed E-state index contributed by atoms with van der Waals surface area (Å²) in [5.41, 5.74) is 7.63. The second kappa shape index (κ2) is 16.5. The molecular formula is C29H49N3O7. The van der Waals surface area contributed by atoms with Gasteiger partial charge in [-0.15, -0.1) is 0 Å². The molecule has 1 heterocycles. The Labute approximate surface area is 233 Å². The zero-order valence-corrected chi connectivity index (χ0v) is 24.4. The van der Waals surface area contributed by atoms with Crippen molar-refractivity contribution in [1.29, 1.82) is 0 Å². The summed E-state index contributed by atoms with van der Waals surface area (Å²) in [7, 11) is 3.29. The molecule has 2 rings (SSSR count). The Kier molecular flexibility index (Phi) is 13.8. The van der Waals surface area contributed by atoms with E-state index in [1.807, 2.05) is 32.0 Å². The zero-order chi connectivity index (χ0) is 28.9. The van der Waals surface area contributed by atoms with Crippen LogP contribution in [0.5, 0.6) is 11.5 Å². The Morgan fingerprint density at radius 2 is 1.90 bits per heavy atom. The Morgan fingerprint density at radius 3 is 2.49 bits per heavy atom. The van der Waals surface area contributed by atoms with Crippen molar-refractivity contribution in [2.75, 3.05) is 40.6 Å². The minimum Gasteiger partial charge on any atom is -0.493 e. The molecular weight excluding hydrogens is 502 g/mol. The van der Waals surface area contributed by atoms with E-state index < -0.39 is 24.2 Å². The average Bonchev–Trinajstić information content (AvgIpc) is 3.32. The number of ether oxygens (including phenoxy) is 4. The van der Waals surface area contributed by atoms with E-state index in [0.29, 0.717) is 37.1 Å². The van der Waals surface area contributed by atoms with Crippen LogP contribution in [0.4, 0.5) is 4.79 Å². The van der Waals surface area contributed by atoms with E-state index in [9.17, 15) is 14.7 Å². The summed E-state index contributed by atoms with van der Waals surface area (Å²) in [4.78, 5) is 24.1. The Hall–Kier alpha value is -2.56. The smallest absolute Gasteiger partial charge is 0.407 e. The quantitative estimate of drug-likeness (QED) is 0.204. The standard InChI is InChI=1S/C29H49N3O7/c1-18(2)21(12-20-8-9-26(37-6)27(13-20)38-11-7-10-36-5)14-24(30)25(33)15-23(19(3)4)28(34)31-16-22-17-39-29(35)32-22/h8-9,13,18-19,21-25,33H,7,10-12,14-17,30H2,1-6H3,(H,31,34)(H,32,35)/t21-,22?,23-,24-,25-/m0/s1. The number of cyclic esters (lactones) is 1. The van der Waals surface area contributed by atoms with Crippen LogP contribution in [0.25, 0.3) is 0 Å². The van der Waals surface area contributed by atoms with Crippen LogP contribution < -0.4 is 25.8 Å². The van der Waals surface area contributed by atoms with E-state index in [-0.39, 0.29) is 43.4 Å². The molecule has 0 aromatic heterocycles. The van der Waals surface area contributed by atoms with Gasteiger partial charge >= 0.3 is 6.09 Å². The number of aliphatic hydroxyl groups is 1. The molecule has 39 heavy (non-hydrogen) atoms. The van der Waals surface area contributed by atoms with Gasteiger partial charge in [-0.2, -0.15) is 0 Å². The second-order valence-corrected chi connectivity index (χ2v) is 11.1. The Bertz CT molecular complexity index is 896. The van der Waals surface area contributed by atoms with E-state index in [4.69, 9.17) is 24.7 Å². The number of carbonyl (C=O) groups is 2. The highest BCUT2D eigenvalue weighted by Gasteiger charge is 2.31. The molecule has 2 amide bonds. The highest BCUT2D eigenvalue weighted by molar-refractivity contribution is 5.79. The number of nitrogens with two attached hydrogens (primary N) is 1. The van der Waals surface area contributed by atoms with Crippen molar-refractivity contribution in [2.45, 2.75) is 71.6 Å². The summed E-state index contributed by atoms with van der Waals surface area (Å²) in [5, 5.41) is 16.6. The summed E-state index contributed by atoms with van der Waals surface area (Å²) in [6.45, 7) is 9.90. The lowest BCUT2D eigenvalue weighted by atomic mass is 9.81. The highest BCUT2D eigenvalue weighted by atomic mass is 16.6. The molecule has 5 atom stereocenters. The molecule has 0 aliphatic carbocycles. The highest BCUT2D eigenvalue weighted by Crippen LogP contribution is 2.31. The first-order chi connectivity index (χ1) is 18.5. The van der Waals surface area contributed by atoms with E-state index >= 15 is 0 Å². The monoisotopic (exact) mass is 551 g/mol. The maximum absolute atomic E-state index is 12.9. The van der Waals surface area contributed by atoms with Gasteiger partial charge in [0.1, 0.15) is 6.61 Å². The number of rotatable bonds is 18. The SMILES string of the molecule is COCCCOc1cc(C[C@@H](C[C@H](N)[C@@H](O)C[C@H](C(=O)NCC2COC(=O)N2)C(C)C)C(C)C)ccc1OC. The number of nitrogens with one attached hydrogen (secondary N) is 2. The molecule has 222 valence electrons. The van der Waals surface area contributed by atoms with E-state index in [1.165, 1.54) is 0 Å². The van der Waals surface area contributed by atoms with Gasteiger partial charge < -0.3 is 40.4 Å². The van der Waals surface area contributed by atoms with Crippen molar-refractivity contribution >= 4 is 12.0 Å². The van der Waals surface area contributed by atoms with Crippen molar-refractivity contribution in [3.63, 3.8) is 0 Å². The molecule has 10 nitrogen and oxygen atoms in total. The Balaban J connectivity index is 1.97. The fourth-order valence-electron chi connectivity index (χ4n) is 4.75. The van der Waals surface area contributed by atoms with Crippen LogP contribution in [0.15, 0.2) is 18.2 Å². The number of benzene rings is 1. The third kappa shape index (κ3) is 10.8. The number of hydrogen-bond acceptors (Lipinski definition) is 8. The van der Waals surface area contributed by atoms with Crippen LogP contribution in [0.2, 0.25) is 0 Å². The molecule has 1 aliphatic rings. The van der Waals surface area contributed by atoms with Crippen molar-refractivity contribution < 1.29 is 33.6 Å². The summed E-state index contributed by atoms with van der Waals surface area (Å²) >= 11 is 0. The number of hydrogen-bond donors (Lipinski definition) is 4. The fraction of sp³-hybridized carbons (Fsp3) is 0.724. The molecule has 0 bridgehead atoms. The molecule has 0 spiro atoms. The van der Waals surface area contributed by atoms with Gasteiger partial charge in [0, 0.05) is 38.6 Å². The van der Waals surface area contributed by atoms with Gasteiger partial charge in [-0.1, -0.05) is 33.8 Å². The minimum atomic E-state index is -0.825.